The summed E-state index contributed by atoms with van der Waals surface area (Å²) in [6.07, 6.45) is -0.740. The number of nitrogens with zero attached hydrogens (tertiary/aromatic N) is 2. The van der Waals surface area contributed by atoms with E-state index in [-0.39, 0.29) is 0 Å². The lowest BCUT2D eigenvalue weighted by Gasteiger charge is -2.15. The fourth-order valence-electron chi connectivity index (χ4n) is 2.62. The van der Waals surface area contributed by atoms with Crippen molar-refractivity contribution in [1.29, 1.82) is 0 Å². The molecule has 0 radical (unpaired) electrons. The number of para-hydroxylation sites is 1. The van der Waals surface area contributed by atoms with Gasteiger partial charge in [0.2, 0.25) is 0 Å². The van der Waals surface area contributed by atoms with Gasteiger partial charge in [-0.1, -0.05) is 18.2 Å². The van der Waals surface area contributed by atoms with Gasteiger partial charge in [-0.2, -0.15) is 13.2 Å². The SMILES string of the molecule is Cc1nccn1-c1ccccc1CNC(=S)Nc1ccc(C(F)(F)F)cc1. The van der Waals surface area contributed by atoms with E-state index in [2.05, 4.69) is 15.6 Å². The van der Waals surface area contributed by atoms with E-state index in [4.69, 9.17) is 12.2 Å². The fraction of sp³-hybridized carbons (Fsp3) is 0.158. The van der Waals surface area contributed by atoms with Crippen molar-refractivity contribution in [3.05, 3.63) is 77.9 Å². The Morgan fingerprint density at radius 2 is 1.81 bits per heavy atom. The molecule has 1 aromatic heterocycles. The normalized spacial score (nSPS) is 11.3. The van der Waals surface area contributed by atoms with Gasteiger partial charge in [0, 0.05) is 24.6 Å². The highest BCUT2D eigenvalue weighted by Crippen LogP contribution is 2.29. The van der Waals surface area contributed by atoms with Gasteiger partial charge in [-0.15, -0.1) is 0 Å². The summed E-state index contributed by atoms with van der Waals surface area (Å²) in [5.41, 5.74) is 1.78. The third kappa shape index (κ3) is 4.65. The predicted octanol–water partition coefficient (Wildman–Crippen LogP) is 4.69. The summed E-state index contributed by atoms with van der Waals surface area (Å²) in [5, 5.41) is 6.29. The maximum atomic E-state index is 12.6. The smallest absolute Gasteiger partial charge is 0.358 e. The van der Waals surface area contributed by atoms with Crippen molar-refractivity contribution < 1.29 is 13.2 Å². The van der Waals surface area contributed by atoms with Crippen LogP contribution in [0.15, 0.2) is 60.9 Å². The molecule has 0 unspecified atom stereocenters. The molecule has 140 valence electrons. The first-order chi connectivity index (χ1) is 12.8. The highest BCUT2D eigenvalue weighted by molar-refractivity contribution is 7.80. The highest BCUT2D eigenvalue weighted by Gasteiger charge is 2.29. The van der Waals surface area contributed by atoms with Crippen LogP contribution in [0, 0.1) is 6.92 Å². The number of anilines is 1. The van der Waals surface area contributed by atoms with E-state index in [9.17, 15) is 13.2 Å². The molecule has 27 heavy (non-hydrogen) atoms. The van der Waals surface area contributed by atoms with Gasteiger partial charge in [-0.3, -0.25) is 0 Å². The lowest BCUT2D eigenvalue weighted by Crippen LogP contribution is -2.28. The van der Waals surface area contributed by atoms with Gasteiger partial charge in [0.05, 0.1) is 11.3 Å². The Morgan fingerprint density at radius 3 is 2.44 bits per heavy atom. The zero-order valence-electron chi connectivity index (χ0n) is 14.4. The van der Waals surface area contributed by atoms with Crippen LogP contribution in [0.3, 0.4) is 0 Å². The molecule has 0 spiro atoms. The van der Waals surface area contributed by atoms with Crippen molar-refractivity contribution in [3.8, 4) is 5.69 Å². The summed E-state index contributed by atoms with van der Waals surface area (Å²) in [5.74, 6) is 0.868. The van der Waals surface area contributed by atoms with Crippen LogP contribution in [0.2, 0.25) is 0 Å². The molecule has 0 aliphatic rings. The number of halogens is 3. The molecule has 0 aliphatic heterocycles. The number of rotatable bonds is 4. The number of thiocarbonyl (C=S) groups is 1. The van der Waals surface area contributed by atoms with Crippen LogP contribution in [0.1, 0.15) is 17.0 Å². The first-order valence-corrected chi connectivity index (χ1v) is 8.56. The number of aromatic nitrogens is 2. The van der Waals surface area contributed by atoms with E-state index >= 15 is 0 Å². The van der Waals surface area contributed by atoms with Crippen molar-refractivity contribution in [2.45, 2.75) is 19.6 Å². The number of alkyl halides is 3. The number of hydrogen-bond donors (Lipinski definition) is 2. The van der Waals surface area contributed by atoms with E-state index in [1.807, 2.05) is 42.0 Å². The highest BCUT2D eigenvalue weighted by atomic mass is 32.1. The van der Waals surface area contributed by atoms with Gasteiger partial charge >= 0.3 is 6.18 Å². The molecular weight excluding hydrogens is 373 g/mol. The van der Waals surface area contributed by atoms with Crippen molar-refractivity contribution in [1.82, 2.24) is 14.9 Å². The number of hydrogen-bond acceptors (Lipinski definition) is 2. The molecule has 0 saturated carbocycles. The van der Waals surface area contributed by atoms with Crippen LogP contribution in [-0.2, 0) is 12.7 Å². The number of benzene rings is 2. The molecule has 0 saturated heterocycles. The monoisotopic (exact) mass is 390 g/mol. The fourth-order valence-corrected chi connectivity index (χ4v) is 2.81. The van der Waals surface area contributed by atoms with Gasteiger partial charge in [-0.25, -0.2) is 4.98 Å². The molecule has 0 aliphatic carbocycles. The lowest BCUT2D eigenvalue weighted by molar-refractivity contribution is -0.137. The summed E-state index contributed by atoms with van der Waals surface area (Å²) in [7, 11) is 0. The first-order valence-electron chi connectivity index (χ1n) is 8.15. The van der Waals surface area contributed by atoms with Gasteiger partial charge in [0.15, 0.2) is 5.11 Å². The Morgan fingerprint density at radius 1 is 1.11 bits per heavy atom. The maximum Gasteiger partial charge on any atom is 0.416 e. The quantitative estimate of drug-likeness (QED) is 0.635. The molecule has 1 heterocycles. The topological polar surface area (TPSA) is 41.9 Å². The Hall–Kier alpha value is -2.87. The van der Waals surface area contributed by atoms with Crippen molar-refractivity contribution in [2.75, 3.05) is 5.32 Å². The van der Waals surface area contributed by atoms with Crippen LogP contribution < -0.4 is 10.6 Å². The second kappa shape index (κ2) is 7.79. The number of aryl methyl sites for hydroxylation is 1. The number of nitrogens with one attached hydrogen (secondary N) is 2. The Balaban J connectivity index is 1.64. The van der Waals surface area contributed by atoms with Gasteiger partial charge < -0.3 is 15.2 Å². The minimum Gasteiger partial charge on any atom is -0.358 e. The van der Waals surface area contributed by atoms with Crippen LogP contribution in [-0.4, -0.2) is 14.7 Å². The largest absolute Gasteiger partial charge is 0.416 e. The standard InChI is InChI=1S/C19H17F3N4S/c1-13-23-10-11-26(13)17-5-3-2-4-14(17)12-24-18(27)25-16-8-6-15(7-9-16)19(20,21)22/h2-11H,12H2,1H3,(H2,24,25,27). The molecule has 0 amide bonds. The van der Waals surface area contributed by atoms with E-state index in [1.165, 1.54) is 12.1 Å². The molecular formula is C19H17F3N4S. The molecule has 0 fully saturated rings. The first kappa shape index (κ1) is 18.9. The van der Waals surface area contributed by atoms with E-state index in [0.717, 1.165) is 29.2 Å². The summed E-state index contributed by atoms with van der Waals surface area (Å²) >= 11 is 5.25. The minimum absolute atomic E-state index is 0.326. The Labute approximate surface area is 160 Å². The van der Waals surface area contributed by atoms with Gasteiger partial charge in [-0.05, 0) is 55.0 Å². The summed E-state index contributed by atoms with van der Waals surface area (Å²) in [6, 6.07) is 12.6. The third-order valence-electron chi connectivity index (χ3n) is 3.99. The molecule has 3 rings (SSSR count). The predicted molar refractivity (Wildman–Crippen MR) is 103 cm³/mol. The van der Waals surface area contributed by atoms with Crippen LogP contribution >= 0.6 is 12.2 Å². The Bertz CT molecular complexity index is 933. The zero-order valence-corrected chi connectivity index (χ0v) is 15.2. The zero-order chi connectivity index (χ0) is 19.4. The third-order valence-corrected chi connectivity index (χ3v) is 4.23. The summed E-state index contributed by atoms with van der Waals surface area (Å²) in [4.78, 5) is 4.23. The average molecular weight is 390 g/mol. The second-order valence-corrected chi connectivity index (χ2v) is 6.26. The molecule has 2 N–H and O–H groups in total. The van der Waals surface area contributed by atoms with Gasteiger partial charge in [0.25, 0.3) is 0 Å². The molecule has 0 atom stereocenters. The molecule has 3 aromatic rings. The molecule has 4 nitrogen and oxygen atoms in total. The van der Waals surface area contributed by atoms with Crippen molar-refractivity contribution in [3.63, 3.8) is 0 Å². The molecule has 0 bridgehead atoms. The molecule has 2 aromatic carbocycles. The van der Waals surface area contributed by atoms with E-state index in [1.54, 1.807) is 6.20 Å². The van der Waals surface area contributed by atoms with E-state index < -0.39 is 11.7 Å². The van der Waals surface area contributed by atoms with Crippen LogP contribution in [0.5, 0.6) is 0 Å². The second-order valence-electron chi connectivity index (χ2n) is 5.86. The average Bonchev–Trinajstić information content (AvgIpc) is 3.06. The Kier molecular flexibility index (Phi) is 5.46. The van der Waals surface area contributed by atoms with Crippen LogP contribution in [0.4, 0.5) is 18.9 Å². The van der Waals surface area contributed by atoms with E-state index in [0.29, 0.717) is 17.3 Å². The van der Waals surface area contributed by atoms with Crippen molar-refractivity contribution >= 4 is 23.0 Å². The minimum atomic E-state index is -4.35. The molecule has 8 heteroatoms. The summed E-state index contributed by atoms with van der Waals surface area (Å²) < 4.78 is 39.8. The van der Waals surface area contributed by atoms with Gasteiger partial charge in [0.1, 0.15) is 5.82 Å². The summed E-state index contributed by atoms with van der Waals surface area (Å²) in [6.45, 7) is 2.38. The maximum absolute atomic E-state index is 12.6. The number of imidazole rings is 1. The lowest BCUT2D eigenvalue weighted by atomic mass is 10.1. The van der Waals surface area contributed by atoms with Crippen LogP contribution in [0.25, 0.3) is 5.69 Å². The van der Waals surface area contributed by atoms with Crippen molar-refractivity contribution in [2.24, 2.45) is 0 Å².